The maximum Gasteiger partial charge on any atom is 0.128 e. The van der Waals surface area contributed by atoms with E-state index in [0.29, 0.717) is 0 Å². The molecule has 0 bridgehead atoms. The Bertz CT molecular complexity index is 368. The lowest BCUT2D eigenvalue weighted by molar-refractivity contribution is -0.00546. The topological polar surface area (TPSA) is 25.4 Å². The summed E-state index contributed by atoms with van der Waals surface area (Å²) in [4.78, 5) is 6.81. The maximum absolute atomic E-state index is 5.72. The first-order valence-corrected chi connectivity index (χ1v) is 5.90. The van der Waals surface area contributed by atoms with Gasteiger partial charge in [0.1, 0.15) is 5.82 Å². The van der Waals surface area contributed by atoms with Gasteiger partial charge in [0.25, 0.3) is 0 Å². The summed E-state index contributed by atoms with van der Waals surface area (Å²) >= 11 is 0. The van der Waals surface area contributed by atoms with Gasteiger partial charge in [-0.25, -0.2) is 4.98 Å². The highest BCUT2D eigenvalue weighted by Gasteiger charge is 2.23. The lowest BCUT2D eigenvalue weighted by atomic mass is 10.1. The number of rotatable bonds is 1. The van der Waals surface area contributed by atoms with Gasteiger partial charge in [-0.3, -0.25) is 0 Å². The number of anilines is 1. The first kappa shape index (κ1) is 11.4. The Labute approximate surface area is 97.4 Å². The zero-order valence-electron chi connectivity index (χ0n) is 10.5. The summed E-state index contributed by atoms with van der Waals surface area (Å²) in [6.45, 7) is 10.3. The maximum atomic E-state index is 5.72. The highest BCUT2D eigenvalue weighted by Crippen LogP contribution is 2.20. The predicted molar refractivity (Wildman–Crippen MR) is 65.9 cm³/mol. The van der Waals surface area contributed by atoms with Gasteiger partial charge in [-0.1, -0.05) is 0 Å². The van der Waals surface area contributed by atoms with Crippen molar-refractivity contribution in [1.82, 2.24) is 4.98 Å². The number of pyridine rings is 1. The van der Waals surface area contributed by atoms with E-state index in [1.54, 1.807) is 0 Å². The fourth-order valence-corrected chi connectivity index (χ4v) is 2.15. The molecule has 0 saturated carbocycles. The number of ether oxygens (including phenoxy) is 1. The molecule has 1 aliphatic heterocycles. The van der Waals surface area contributed by atoms with E-state index in [1.165, 1.54) is 11.1 Å². The van der Waals surface area contributed by atoms with Gasteiger partial charge in [0.05, 0.1) is 12.2 Å². The van der Waals surface area contributed by atoms with Crippen LogP contribution in [-0.4, -0.2) is 30.3 Å². The summed E-state index contributed by atoms with van der Waals surface area (Å²) in [5.74, 6) is 1.07. The average molecular weight is 220 g/mol. The van der Waals surface area contributed by atoms with Crippen LogP contribution >= 0.6 is 0 Å². The first-order chi connectivity index (χ1) is 7.56. The fourth-order valence-electron chi connectivity index (χ4n) is 2.15. The van der Waals surface area contributed by atoms with E-state index in [2.05, 4.69) is 43.6 Å². The molecule has 2 rings (SSSR count). The average Bonchev–Trinajstić information content (AvgIpc) is 2.20. The molecule has 16 heavy (non-hydrogen) atoms. The Kier molecular flexibility index (Phi) is 3.15. The Morgan fingerprint density at radius 2 is 1.81 bits per heavy atom. The van der Waals surface area contributed by atoms with Gasteiger partial charge in [0.15, 0.2) is 0 Å². The van der Waals surface area contributed by atoms with Crippen molar-refractivity contribution in [3.8, 4) is 0 Å². The number of aromatic nitrogens is 1. The zero-order valence-corrected chi connectivity index (χ0v) is 10.5. The molecule has 2 atom stereocenters. The highest BCUT2D eigenvalue weighted by atomic mass is 16.5. The van der Waals surface area contributed by atoms with E-state index in [1.807, 2.05) is 6.20 Å². The summed E-state index contributed by atoms with van der Waals surface area (Å²) in [5.41, 5.74) is 2.55. The van der Waals surface area contributed by atoms with Crippen molar-refractivity contribution < 1.29 is 4.74 Å². The van der Waals surface area contributed by atoms with Crippen LogP contribution in [0.15, 0.2) is 12.3 Å². The normalized spacial score (nSPS) is 25.9. The second kappa shape index (κ2) is 4.42. The van der Waals surface area contributed by atoms with Crippen LogP contribution in [0.4, 0.5) is 5.82 Å². The third-order valence-corrected chi connectivity index (χ3v) is 3.10. The van der Waals surface area contributed by atoms with Crippen molar-refractivity contribution >= 4 is 5.82 Å². The van der Waals surface area contributed by atoms with Gasteiger partial charge in [-0.05, 0) is 44.9 Å². The van der Waals surface area contributed by atoms with Crippen LogP contribution in [0.5, 0.6) is 0 Å². The molecule has 0 amide bonds. The Balaban J connectivity index is 2.19. The molecule has 1 saturated heterocycles. The molecule has 1 aromatic rings. The van der Waals surface area contributed by atoms with Crippen LogP contribution in [0.1, 0.15) is 25.0 Å². The van der Waals surface area contributed by atoms with E-state index >= 15 is 0 Å². The van der Waals surface area contributed by atoms with Gasteiger partial charge in [-0.2, -0.15) is 0 Å². The van der Waals surface area contributed by atoms with E-state index in [-0.39, 0.29) is 12.2 Å². The quantitative estimate of drug-likeness (QED) is 0.726. The molecule has 1 aliphatic rings. The lowest BCUT2D eigenvalue weighted by Crippen LogP contribution is -2.45. The van der Waals surface area contributed by atoms with Crippen molar-refractivity contribution in [1.29, 1.82) is 0 Å². The summed E-state index contributed by atoms with van der Waals surface area (Å²) in [6, 6.07) is 2.17. The highest BCUT2D eigenvalue weighted by molar-refractivity contribution is 5.43. The van der Waals surface area contributed by atoms with Crippen LogP contribution in [0.2, 0.25) is 0 Å². The minimum absolute atomic E-state index is 0.284. The molecular weight excluding hydrogens is 200 g/mol. The van der Waals surface area contributed by atoms with Crippen LogP contribution in [0.25, 0.3) is 0 Å². The molecular formula is C13H20N2O. The second-order valence-electron chi connectivity index (χ2n) is 4.79. The number of aryl methyl sites for hydroxylation is 2. The van der Waals surface area contributed by atoms with Crippen molar-refractivity contribution in [2.24, 2.45) is 0 Å². The monoisotopic (exact) mass is 220 g/mol. The second-order valence-corrected chi connectivity index (χ2v) is 4.79. The van der Waals surface area contributed by atoms with E-state index < -0.39 is 0 Å². The van der Waals surface area contributed by atoms with Crippen molar-refractivity contribution in [3.05, 3.63) is 23.4 Å². The Morgan fingerprint density at radius 3 is 2.38 bits per heavy atom. The van der Waals surface area contributed by atoms with Gasteiger partial charge in [0, 0.05) is 19.3 Å². The Morgan fingerprint density at radius 1 is 1.19 bits per heavy atom. The molecule has 0 spiro atoms. The first-order valence-electron chi connectivity index (χ1n) is 5.90. The van der Waals surface area contributed by atoms with Crippen molar-refractivity contribution in [2.45, 2.75) is 39.9 Å². The van der Waals surface area contributed by atoms with Crippen LogP contribution in [0, 0.1) is 13.8 Å². The van der Waals surface area contributed by atoms with E-state index in [9.17, 15) is 0 Å². The molecule has 0 aromatic carbocycles. The van der Waals surface area contributed by atoms with Crippen molar-refractivity contribution in [2.75, 3.05) is 18.0 Å². The molecule has 1 aromatic heterocycles. The molecule has 0 radical (unpaired) electrons. The predicted octanol–water partition coefficient (Wildman–Crippen LogP) is 2.31. The molecule has 1 fully saturated rings. The molecule has 0 unspecified atom stereocenters. The molecule has 88 valence electrons. The molecule has 3 heteroatoms. The minimum Gasteiger partial charge on any atom is -0.372 e. The Hall–Kier alpha value is -1.09. The molecule has 0 N–H and O–H groups in total. The fraction of sp³-hybridized carbons (Fsp3) is 0.615. The van der Waals surface area contributed by atoms with Gasteiger partial charge >= 0.3 is 0 Å². The number of hydrogen-bond donors (Lipinski definition) is 0. The largest absolute Gasteiger partial charge is 0.372 e. The van der Waals surface area contributed by atoms with Crippen molar-refractivity contribution in [3.63, 3.8) is 0 Å². The van der Waals surface area contributed by atoms with E-state index in [0.717, 1.165) is 18.9 Å². The number of hydrogen-bond acceptors (Lipinski definition) is 3. The van der Waals surface area contributed by atoms with Gasteiger partial charge in [0.2, 0.25) is 0 Å². The third-order valence-electron chi connectivity index (χ3n) is 3.10. The smallest absolute Gasteiger partial charge is 0.128 e. The van der Waals surface area contributed by atoms with Crippen LogP contribution in [-0.2, 0) is 4.74 Å². The lowest BCUT2D eigenvalue weighted by Gasteiger charge is -2.36. The molecule has 3 nitrogen and oxygen atoms in total. The SMILES string of the molecule is Cc1cnc(N2C[C@@H](C)O[C@@H](C)C2)cc1C. The summed E-state index contributed by atoms with van der Waals surface area (Å²) < 4.78 is 5.72. The third kappa shape index (κ3) is 2.35. The number of nitrogens with zero attached hydrogens (tertiary/aromatic N) is 2. The molecule has 0 aliphatic carbocycles. The zero-order chi connectivity index (χ0) is 11.7. The summed E-state index contributed by atoms with van der Waals surface area (Å²) in [6.07, 6.45) is 2.52. The summed E-state index contributed by atoms with van der Waals surface area (Å²) in [7, 11) is 0. The minimum atomic E-state index is 0.284. The summed E-state index contributed by atoms with van der Waals surface area (Å²) in [5, 5.41) is 0. The standard InChI is InChI=1S/C13H20N2O/c1-9-5-13(14-6-10(9)2)15-7-11(3)16-12(4)8-15/h5-6,11-12H,7-8H2,1-4H3/t11-,12+. The van der Waals surface area contributed by atoms with Crippen LogP contribution in [0.3, 0.4) is 0 Å². The number of morpholine rings is 1. The van der Waals surface area contributed by atoms with E-state index in [4.69, 9.17) is 4.74 Å². The van der Waals surface area contributed by atoms with Gasteiger partial charge < -0.3 is 9.64 Å². The van der Waals surface area contributed by atoms with Gasteiger partial charge in [-0.15, -0.1) is 0 Å². The van der Waals surface area contributed by atoms with Crippen LogP contribution < -0.4 is 4.90 Å². The molecule has 2 heterocycles.